The number of hydrogen-bond acceptors (Lipinski definition) is 2. The van der Waals surface area contributed by atoms with E-state index in [1.54, 1.807) is 7.05 Å². The smallest absolute Gasteiger partial charge is 0.259 e. The van der Waals surface area contributed by atoms with Gasteiger partial charge < -0.3 is 10.2 Å². The van der Waals surface area contributed by atoms with E-state index in [2.05, 4.69) is 5.32 Å². The SMILES string of the molecule is CN(C(=O)c1c(F)cccc1F)C1CCCNCC1. The van der Waals surface area contributed by atoms with Crippen LogP contribution < -0.4 is 5.32 Å². The molecule has 3 nitrogen and oxygen atoms in total. The van der Waals surface area contributed by atoms with Crippen molar-refractivity contribution in [3.63, 3.8) is 0 Å². The maximum absolute atomic E-state index is 13.6. The number of nitrogens with one attached hydrogen (secondary N) is 1. The van der Waals surface area contributed by atoms with Gasteiger partial charge in [-0.25, -0.2) is 8.78 Å². The molecular weight excluding hydrogens is 250 g/mol. The standard InChI is InChI=1S/C14H18F2N2O/c1-18(10-4-3-8-17-9-7-10)14(19)13-11(15)5-2-6-12(13)16/h2,5-6,10,17H,3-4,7-9H2,1H3. The molecule has 1 saturated heterocycles. The second-order valence-electron chi connectivity index (χ2n) is 4.85. The van der Waals surface area contributed by atoms with Crippen LogP contribution in [0.2, 0.25) is 0 Å². The number of amides is 1. The second kappa shape index (κ2) is 6.10. The zero-order valence-electron chi connectivity index (χ0n) is 11.0. The zero-order valence-corrected chi connectivity index (χ0v) is 11.0. The van der Waals surface area contributed by atoms with Crippen molar-refractivity contribution in [3.8, 4) is 0 Å². The van der Waals surface area contributed by atoms with Crippen LogP contribution in [0, 0.1) is 11.6 Å². The first-order valence-corrected chi connectivity index (χ1v) is 6.53. The van der Waals surface area contributed by atoms with Crippen molar-refractivity contribution in [2.45, 2.75) is 25.3 Å². The van der Waals surface area contributed by atoms with Gasteiger partial charge in [0.2, 0.25) is 0 Å². The van der Waals surface area contributed by atoms with Crippen LogP contribution >= 0.6 is 0 Å². The van der Waals surface area contributed by atoms with E-state index in [4.69, 9.17) is 0 Å². The van der Waals surface area contributed by atoms with Gasteiger partial charge in [0.05, 0.1) is 0 Å². The van der Waals surface area contributed by atoms with Gasteiger partial charge in [-0.05, 0) is 44.5 Å². The summed E-state index contributed by atoms with van der Waals surface area (Å²) in [5.41, 5.74) is -0.456. The molecule has 0 aromatic heterocycles. The molecule has 1 N–H and O–H groups in total. The van der Waals surface area contributed by atoms with Gasteiger partial charge in [-0.2, -0.15) is 0 Å². The Morgan fingerprint density at radius 3 is 2.63 bits per heavy atom. The van der Waals surface area contributed by atoms with Gasteiger partial charge in [0.1, 0.15) is 17.2 Å². The molecule has 1 aromatic rings. The van der Waals surface area contributed by atoms with Gasteiger partial charge in [-0.3, -0.25) is 4.79 Å². The predicted octanol–water partition coefficient (Wildman–Crippen LogP) is 2.18. The van der Waals surface area contributed by atoms with E-state index in [0.717, 1.165) is 44.5 Å². The lowest BCUT2D eigenvalue weighted by molar-refractivity contribution is 0.0710. The van der Waals surface area contributed by atoms with Gasteiger partial charge >= 0.3 is 0 Å². The third-order valence-electron chi connectivity index (χ3n) is 3.59. The van der Waals surface area contributed by atoms with E-state index in [1.807, 2.05) is 0 Å². The van der Waals surface area contributed by atoms with Gasteiger partial charge in [0.15, 0.2) is 0 Å². The lowest BCUT2D eigenvalue weighted by atomic mass is 10.1. The van der Waals surface area contributed by atoms with Crippen molar-refractivity contribution in [2.24, 2.45) is 0 Å². The topological polar surface area (TPSA) is 32.3 Å². The molecule has 1 amide bonds. The fourth-order valence-electron chi connectivity index (χ4n) is 2.43. The second-order valence-corrected chi connectivity index (χ2v) is 4.85. The first-order chi connectivity index (χ1) is 9.11. The van der Waals surface area contributed by atoms with Gasteiger partial charge in [-0.1, -0.05) is 6.07 Å². The van der Waals surface area contributed by atoms with E-state index in [1.165, 1.54) is 11.0 Å². The number of rotatable bonds is 2. The van der Waals surface area contributed by atoms with Crippen LogP contribution in [0.3, 0.4) is 0 Å². The fraction of sp³-hybridized carbons (Fsp3) is 0.500. The molecular formula is C14H18F2N2O. The highest BCUT2D eigenvalue weighted by Gasteiger charge is 2.26. The lowest BCUT2D eigenvalue weighted by Crippen LogP contribution is -2.38. The summed E-state index contributed by atoms with van der Waals surface area (Å²) in [6.07, 6.45) is 2.62. The Morgan fingerprint density at radius 1 is 1.26 bits per heavy atom. The van der Waals surface area contributed by atoms with E-state index in [9.17, 15) is 13.6 Å². The van der Waals surface area contributed by atoms with Crippen molar-refractivity contribution >= 4 is 5.91 Å². The summed E-state index contributed by atoms with van der Waals surface area (Å²) in [4.78, 5) is 13.7. The highest BCUT2D eigenvalue weighted by Crippen LogP contribution is 2.18. The number of hydrogen-bond donors (Lipinski definition) is 1. The monoisotopic (exact) mass is 268 g/mol. The van der Waals surface area contributed by atoms with Crippen LogP contribution in [-0.2, 0) is 0 Å². The number of carbonyl (C=O) groups excluding carboxylic acids is 1. The van der Waals surface area contributed by atoms with Crippen molar-refractivity contribution in [2.75, 3.05) is 20.1 Å². The molecule has 104 valence electrons. The van der Waals surface area contributed by atoms with Crippen molar-refractivity contribution in [3.05, 3.63) is 35.4 Å². The lowest BCUT2D eigenvalue weighted by Gasteiger charge is -2.27. The first-order valence-electron chi connectivity index (χ1n) is 6.53. The Balaban J connectivity index is 2.18. The number of nitrogens with zero attached hydrogens (tertiary/aromatic N) is 1. The van der Waals surface area contributed by atoms with Gasteiger partial charge in [0, 0.05) is 13.1 Å². The molecule has 1 aliphatic heterocycles. The molecule has 2 rings (SSSR count). The summed E-state index contributed by atoms with van der Waals surface area (Å²) in [6.45, 7) is 1.74. The maximum atomic E-state index is 13.6. The number of halogens is 2. The molecule has 1 aromatic carbocycles. The highest BCUT2D eigenvalue weighted by molar-refractivity contribution is 5.94. The van der Waals surface area contributed by atoms with Gasteiger partial charge in [0.25, 0.3) is 5.91 Å². The normalized spacial score (nSPS) is 19.8. The molecule has 1 fully saturated rings. The highest BCUT2D eigenvalue weighted by atomic mass is 19.1. The Labute approximate surface area is 111 Å². The largest absolute Gasteiger partial charge is 0.338 e. The summed E-state index contributed by atoms with van der Waals surface area (Å²) < 4.78 is 27.2. The van der Waals surface area contributed by atoms with Crippen LogP contribution in [0.15, 0.2) is 18.2 Å². The first kappa shape index (κ1) is 13.9. The van der Waals surface area contributed by atoms with E-state index < -0.39 is 23.1 Å². The summed E-state index contributed by atoms with van der Waals surface area (Å²) in [7, 11) is 1.62. The minimum atomic E-state index is -0.802. The third-order valence-corrected chi connectivity index (χ3v) is 3.59. The minimum absolute atomic E-state index is 0.0292. The average molecular weight is 268 g/mol. The van der Waals surface area contributed by atoms with Crippen molar-refractivity contribution in [1.82, 2.24) is 10.2 Å². The van der Waals surface area contributed by atoms with Crippen LogP contribution in [0.1, 0.15) is 29.6 Å². The van der Waals surface area contributed by atoms with Crippen LogP contribution in [0.4, 0.5) is 8.78 Å². The quantitative estimate of drug-likeness (QED) is 0.891. The Bertz CT molecular complexity index is 437. The summed E-state index contributed by atoms with van der Waals surface area (Å²) in [5, 5.41) is 3.25. The molecule has 0 aliphatic carbocycles. The molecule has 5 heteroatoms. The molecule has 0 saturated carbocycles. The molecule has 0 spiro atoms. The average Bonchev–Trinajstić information content (AvgIpc) is 2.66. The molecule has 1 aliphatic rings. The van der Waals surface area contributed by atoms with E-state index in [0.29, 0.717) is 0 Å². The molecule has 1 atom stereocenters. The Hall–Kier alpha value is -1.49. The molecule has 0 radical (unpaired) electrons. The van der Waals surface area contributed by atoms with Crippen LogP contribution in [0.25, 0.3) is 0 Å². The predicted molar refractivity (Wildman–Crippen MR) is 69.0 cm³/mol. The fourth-order valence-corrected chi connectivity index (χ4v) is 2.43. The summed E-state index contributed by atoms with van der Waals surface area (Å²) in [5.74, 6) is -2.19. The van der Waals surface area contributed by atoms with E-state index >= 15 is 0 Å². The summed E-state index contributed by atoms with van der Waals surface area (Å²) >= 11 is 0. The number of carbonyl (C=O) groups is 1. The van der Waals surface area contributed by atoms with E-state index in [-0.39, 0.29) is 6.04 Å². The molecule has 1 unspecified atom stereocenters. The third kappa shape index (κ3) is 3.10. The number of benzene rings is 1. The van der Waals surface area contributed by atoms with Crippen LogP contribution in [-0.4, -0.2) is 37.0 Å². The van der Waals surface area contributed by atoms with Crippen LogP contribution in [0.5, 0.6) is 0 Å². The minimum Gasteiger partial charge on any atom is -0.338 e. The molecule has 1 heterocycles. The Morgan fingerprint density at radius 2 is 1.95 bits per heavy atom. The zero-order chi connectivity index (χ0) is 13.8. The van der Waals surface area contributed by atoms with Crippen molar-refractivity contribution in [1.29, 1.82) is 0 Å². The Kier molecular flexibility index (Phi) is 4.47. The summed E-state index contributed by atoms with van der Waals surface area (Å²) in [6, 6.07) is 3.51. The van der Waals surface area contributed by atoms with Gasteiger partial charge in [-0.15, -0.1) is 0 Å². The molecule has 0 bridgehead atoms. The van der Waals surface area contributed by atoms with Crippen molar-refractivity contribution < 1.29 is 13.6 Å². The maximum Gasteiger partial charge on any atom is 0.259 e. The molecule has 19 heavy (non-hydrogen) atoms.